The summed E-state index contributed by atoms with van der Waals surface area (Å²) >= 11 is 0. The molecule has 9 aromatic carbocycles. The number of benzene rings is 9. The molecule has 0 saturated carbocycles. The first-order valence-corrected chi connectivity index (χ1v) is 20.0. The van der Waals surface area contributed by atoms with Gasteiger partial charge in [-0.15, -0.1) is 0 Å². The number of fused-ring (bicyclic) bond motifs is 12. The second-order valence-corrected chi connectivity index (χ2v) is 15.3. The first kappa shape index (κ1) is 32.1. The third kappa shape index (κ3) is 4.67. The molecule has 0 amide bonds. The van der Waals surface area contributed by atoms with Crippen molar-refractivity contribution in [2.75, 3.05) is 0 Å². The van der Waals surface area contributed by atoms with E-state index in [0.717, 1.165) is 77.0 Å². The molecule has 0 N–H and O–H groups in total. The van der Waals surface area contributed by atoms with Gasteiger partial charge >= 0.3 is 0 Å². The zero-order valence-electron chi connectivity index (χ0n) is 31.7. The van der Waals surface area contributed by atoms with Gasteiger partial charge in [0.25, 0.3) is 0 Å². The van der Waals surface area contributed by atoms with Gasteiger partial charge in [-0.3, -0.25) is 4.57 Å². The number of para-hydroxylation sites is 5. The third-order valence-corrected chi connectivity index (χ3v) is 12.1. The average Bonchev–Trinajstić information content (AvgIpc) is 3.96. The Kier molecular flexibility index (Phi) is 6.66. The molecule has 4 aromatic heterocycles. The molecule has 13 rings (SSSR count). The number of hydrogen-bond donors (Lipinski definition) is 0. The van der Waals surface area contributed by atoms with Gasteiger partial charge < -0.3 is 8.98 Å². The van der Waals surface area contributed by atoms with Crippen LogP contribution in [-0.2, 0) is 0 Å². The van der Waals surface area contributed by atoms with Crippen molar-refractivity contribution in [2.45, 2.75) is 0 Å². The van der Waals surface area contributed by atoms with E-state index in [1.807, 2.05) is 12.1 Å². The second-order valence-electron chi connectivity index (χ2n) is 15.3. The maximum atomic E-state index is 6.21. The Balaban J connectivity index is 1.07. The molecule has 0 spiro atoms. The van der Waals surface area contributed by atoms with Gasteiger partial charge in [0.15, 0.2) is 0 Å². The number of hydrogen-bond acceptors (Lipinski definition) is 3. The summed E-state index contributed by atoms with van der Waals surface area (Å²) in [5, 5.41) is 10.3. The van der Waals surface area contributed by atoms with Crippen molar-refractivity contribution in [1.29, 1.82) is 0 Å². The van der Waals surface area contributed by atoms with Gasteiger partial charge in [-0.05, 0) is 89.3 Å². The molecule has 0 fully saturated rings. The lowest BCUT2D eigenvalue weighted by Crippen LogP contribution is -2.04. The summed E-state index contributed by atoms with van der Waals surface area (Å²) in [6, 6.07) is 69.0. The molecule has 0 aliphatic carbocycles. The van der Waals surface area contributed by atoms with E-state index in [0.29, 0.717) is 5.95 Å². The molecule has 0 saturated heterocycles. The minimum atomic E-state index is 0.634. The van der Waals surface area contributed by atoms with E-state index in [-0.39, 0.29) is 0 Å². The molecular weight excluding hydrogens is 721 g/mol. The molecule has 0 unspecified atom stereocenters. The number of aromatic nitrogens is 4. The van der Waals surface area contributed by atoms with E-state index in [9.17, 15) is 0 Å². The molecule has 0 aliphatic rings. The van der Waals surface area contributed by atoms with Crippen molar-refractivity contribution in [3.05, 3.63) is 194 Å². The summed E-state index contributed by atoms with van der Waals surface area (Å²) in [5.74, 6) is 0.634. The maximum absolute atomic E-state index is 6.21. The van der Waals surface area contributed by atoms with Crippen molar-refractivity contribution in [2.24, 2.45) is 0 Å². The zero-order chi connectivity index (χ0) is 38.6. The predicted molar refractivity (Wildman–Crippen MR) is 244 cm³/mol. The first-order valence-electron chi connectivity index (χ1n) is 20.0. The highest BCUT2D eigenvalue weighted by Crippen LogP contribution is 2.43. The zero-order valence-corrected chi connectivity index (χ0v) is 31.7. The molecule has 5 nitrogen and oxygen atoms in total. The summed E-state index contributed by atoms with van der Waals surface area (Å²) in [7, 11) is 0. The molecule has 274 valence electrons. The largest absolute Gasteiger partial charge is 0.456 e. The predicted octanol–water partition coefficient (Wildman–Crippen LogP) is 14.2. The monoisotopic (exact) mass is 752 g/mol. The Hall–Kier alpha value is -8.02. The van der Waals surface area contributed by atoms with E-state index in [1.54, 1.807) is 0 Å². The normalized spacial score (nSPS) is 12.1. The maximum Gasteiger partial charge on any atom is 0.235 e. The lowest BCUT2D eigenvalue weighted by atomic mass is 9.94. The van der Waals surface area contributed by atoms with Crippen LogP contribution in [0.25, 0.3) is 121 Å². The molecule has 0 bridgehead atoms. The summed E-state index contributed by atoms with van der Waals surface area (Å²) in [6.07, 6.45) is 0. The van der Waals surface area contributed by atoms with Crippen LogP contribution in [-0.4, -0.2) is 19.1 Å². The van der Waals surface area contributed by atoms with Gasteiger partial charge in [-0.2, -0.15) is 0 Å². The molecule has 13 aromatic rings. The van der Waals surface area contributed by atoms with Crippen LogP contribution in [0.1, 0.15) is 0 Å². The van der Waals surface area contributed by atoms with E-state index in [2.05, 4.69) is 191 Å². The number of nitrogens with zero attached hydrogens (tertiary/aromatic N) is 4. The molecule has 59 heavy (non-hydrogen) atoms. The Morgan fingerprint density at radius 3 is 1.78 bits per heavy atom. The summed E-state index contributed by atoms with van der Waals surface area (Å²) < 4.78 is 10.9. The fourth-order valence-corrected chi connectivity index (χ4v) is 9.52. The molecule has 5 heteroatoms. The van der Waals surface area contributed by atoms with Gasteiger partial charge in [0.05, 0.1) is 33.3 Å². The topological polar surface area (TPSA) is 48.8 Å². The molecule has 0 atom stereocenters. The van der Waals surface area contributed by atoms with Gasteiger partial charge in [0.1, 0.15) is 11.2 Å². The quantitative estimate of drug-likeness (QED) is 0.180. The van der Waals surface area contributed by atoms with Gasteiger partial charge in [-0.25, -0.2) is 9.97 Å². The summed E-state index contributed by atoms with van der Waals surface area (Å²) in [6.45, 7) is 0. The van der Waals surface area contributed by atoms with Crippen molar-refractivity contribution in [3.8, 4) is 34.0 Å². The van der Waals surface area contributed by atoms with Gasteiger partial charge in [0, 0.05) is 54.3 Å². The molecule has 4 heterocycles. The SMILES string of the molecule is c1ccc(-n2c3ccccc3c3cc(-c4cc5c6ccccc6n(-c6nc(-c7ccc8oc9ccccc9c8c7)c7ccccc7n6)c5c5ccccc45)ccc32)cc1. The molecule has 0 aliphatic heterocycles. The van der Waals surface area contributed by atoms with E-state index in [1.165, 1.54) is 38.3 Å². The van der Waals surface area contributed by atoms with Crippen LogP contribution in [0.5, 0.6) is 0 Å². The first-order chi connectivity index (χ1) is 29.3. The standard InChI is InChI=1S/C54H32N4O/c1-2-14-35(15-3-1)57-47-23-11-7-17-37(47)43-30-33(26-28-49(43)57)42-32-45-38-18-8-12-24-48(38)58(53(45)40-20-5-4-16-36(40)42)54-55-46-22-10-6-21-41(46)52(56-54)34-27-29-51-44(31-34)39-19-9-13-25-50(39)59-51/h1-32H. The lowest BCUT2D eigenvalue weighted by molar-refractivity contribution is 0.669. The highest BCUT2D eigenvalue weighted by Gasteiger charge is 2.22. The number of rotatable bonds is 4. The second kappa shape index (κ2) is 12.2. The van der Waals surface area contributed by atoms with Crippen LogP contribution < -0.4 is 0 Å². The van der Waals surface area contributed by atoms with Crippen molar-refractivity contribution in [1.82, 2.24) is 19.1 Å². The van der Waals surface area contributed by atoms with E-state index in [4.69, 9.17) is 14.4 Å². The van der Waals surface area contributed by atoms with E-state index < -0.39 is 0 Å². The fraction of sp³-hybridized carbons (Fsp3) is 0. The van der Waals surface area contributed by atoms with E-state index >= 15 is 0 Å². The molecule has 0 radical (unpaired) electrons. The smallest absolute Gasteiger partial charge is 0.235 e. The van der Waals surface area contributed by atoms with Gasteiger partial charge in [0.2, 0.25) is 5.95 Å². The average molecular weight is 753 g/mol. The van der Waals surface area contributed by atoms with Crippen LogP contribution in [0.3, 0.4) is 0 Å². The van der Waals surface area contributed by atoms with Crippen molar-refractivity contribution in [3.63, 3.8) is 0 Å². The lowest BCUT2D eigenvalue weighted by Gasteiger charge is -2.14. The fourth-order valence-electron chi connectivity index (χ4n) is 9.52. The van der Waals surface area contributed by atoms with Crippen LogP contribution >= 0.6 is 0 Å². The van der Waals surface area contributed by atoms with Crippen LogP contribution in [0.4, 0.5) is 0 Å². The Bertz CT molecular complexity index is 3850. The summed E-state index contributed by atoms with van der Waals surface area (Å²) in [5.41, 5.74) is 12.6. The minimum absolute atomic E-state index is 0.634. The Morgan fingerprint density at radius 1 is 0.356 bits per heavy atom. The Labute approximate surface area is 337 Å². The Morgan fingerprint density at radius 2 is 0.949 bits per heavy atom. The van der Waals surface area contributed by atoms with Gasteiger partial charge in [-0.1, -0.05) is 121 Å². The third-order valence-electron chi connectivity index (χ3n) is 12.1. The van der Waals surface area contributed by atoms with Crippen LogP contribution in [0.2, 0.25) is 0 Å². The summed E-state index contributed by atoms with van der Waals surface area (Å²) in [4.78, 5) is 10.8. The highest BCUT2D eigenvalue weighted by molar-refractivity contribution is 6.22. The van der Waals surface area contributed by atoms with Crippen molar-refractivity contribution < 1.29 is 4.42 Å². The highest BCUT2D eigenvalue weighted by atomic mass is 16.3. The number of furan rings is 1. The van der Waals surface area contributed by atoms with Crippen molar-refractivity contribution >= 4 is 87.2 Å². The molecular formula is C54H32N4O. The van der Waals surface area contributed by atoms with Crippen LogP contribution in [0.15, 0.2) is 199 Å². The minimum Gasteiger partial charge on any atom is -0.456 e. The van der Waals surface area contributed by atoms with Crippen LogP contribution in [0, 0.1) is 0 Å².